The Kier molecular flexibility index (Phi) is 7.39. The standard InChI is InChI=1S/C25H23F3N4O4S/c1-32-14-18(12-30-32)16-36-24-23(31-37(2,33)34)11-20(13-29-24)19-6-4-8-22(10-19)35-15-17-5-3-7-21(9-17)25(26,27)28/h3-14,31H,15-16H2,1-2H3. The molecule has 8 nitrogen and oxygen atoms in total. The van der Waals surface area contributed by atoms with E-state index >= 15 is 0 Å². The van der Waals surface area contributed by atoms with Crippen LogP contribution in [-0.2, 0) is 36.5 Å². The summed E-state index contributed by atoms with van der Waals surface area (Å²) < 4.78 is 78.3. The highest BCUT2D eigenvalue weighted by molar-refractivity contribution is 7.92. The van der Waals surface area contributed by atoms with E-state index in [1.165, 1.54) is 12.3 Å². The van der Waals surface area contributed by atoms with E-state index in [4.69, 9.17) is 9.47 Å². The van der Waals surface area contributed by atoms with E-state index in [-0.39, 0.29) is 24.8 Å². The number of ether oxygens (including phenoxy) is 2. The second-order valence-electron chi connectivity index (χ2n) is 8.28. The molecule has 0 amide bonds. The van der Waals surface area contributed by atoms with Crippen LogP contribution < -0.4 is 14.2 Å². The number of hydrogen-bond acceptors (Lipinski definition) is 6. The largest absolute Gasteiger partial charge is 0.489 e. The normalized spacial score (nSPS) is 11.8. The van der Waals surface area contributed by atoms with Crippen LogP contribution in [0.25, 0.3) is 11.1 Å². The van der Waals surface area contributed by atoms with Crippen molar-refractivity contribution in [1.29, 1.82) is 0 Å². The molecular formula is C25H23F3N4O4S. The molecule has 0 unspecified atom stereocenters. The van der Waals surface area contributed by atoms with Gasteiger partial charge < -0.3 is 9.47 Å². The molecule has 2 aromatic carbocycles. The number of sulfonamides is 1. The lowest BCUT2D eigenvalue weighted by Gasteiger charge is -2.13. The number of halogens is 3. The minimum Gasteiger partial charge on any atom is -0.489 e. The van der Waals surface area contributed by atoms with Crippen molar-refractivity contribution in [2.45, 2.75) is 19.4 Å². The Balaban J connectivity index is 1.54. The van der Waals surface area contributed by atoms with E-state index in [0.29, 0.717) is 22.4 Å². The summed E-state index contributed by atoms with van der Waals surface area (Å²) in [5.41, 5.74) is 1.79. The van der Waals surface area contributed by atoms with Crippen LogP contribution in [0.2, 0.25) is 0 Å². The first-order valence-electron chi connectivity index (χ1n) is 10.9. The van der Waals surface area contributed by atoms with Crippen molar-refractivity contribution < 1.29 is 31.1 Å². The lowest BCUT2D eigenvalue weighted by atomic mass is 10.1. The maximum atomic E-state index is 13.0. The van der Waals surface area contributed by atoms with Gasteiger partial charge in [0.15, 0.2) is 0 Å². The monoisotopic (exact) mass is 532 g/mol. The highest BCUT2D eigenvalue weighted by atomic mass is 32.2. The van der Waals surface area contributed by atoms with Gasteiger partial charge in [-0.3, -0.25) is 9.40 Å². The van der Waals surface area contributed by atoms with Gasteiger partial charge in [-0.05, 0) is 41.5 Å². The van der Waals surface area contributed by atoms with Crippen LogP contribution in [0.3, 0.4) is 0 Å². The van der Waals surface area contributed by atoms with Crippen molar-refractivity contribution in [1.82, 2.24) is 14.8 Å². The third-order valence-corrected chi connectivity index (χ3v) is 5.70. The van der Waals surface area contributed by atoms with Gasteiger partial charge >= 0.3 is 6.18 Å². The lowest BCUT2D eigenvalue weighted by molar-refractivity contribution is -0.137. The first-order chi connectivity index (χ1) is 17.5. The molecule has 0 saturated heterocycles. The quantitative estimate of drug-likeness (QED) is 0.325. The minimum absolute atomic E-state index is 0.0619. The van der Waals surface area contributed by atoms with Gasteiger partial charge in [0, 0.05) is 30.6 Å². The van der Waals surface area contributed by atoms with E-state index in [1.54, 1.807) is 60.5 Å². The van der Waals surface area contributed by atoms with Gasteiger partial charge in [-0.25, -0.2) is 13.4 Å². The summed E-state index contributed by atoms with van der Waals surface area (Å²) in [5.74, 6) is 0.513. The van der Waals surface area contributed by atoms with Gasteiger partial charge in [0.2, 0.25) is 15.9 Å². The molecule has 0 aliphatic carbocycles. The molecule has 0 spiro atoms. The van der Waals surface area contributed by atoms with Crippen LogP contribution >= 0.6 is 0 Å². The smallest absolute Gasteiger partial charge is 0.416 e. The molecule has 0 bridgehead atoms. The molecule has 37 heavy (non-hydrogen) atoms. The molecule has 0 aliphatic heterocycles. The zero-order chi connectivity index (χ0) is 26.6. The minimum atomic E-state index is -4.44. The predicted molar refractivity (Wildman–Crippen MR) is 131 cm³/mol. The number of alkyl halides is 3. The van der Waals surface area contributed by atoms with Gasteiger partial charge in [-0.1, -0.05) is 24.3 Å². The number of pyridine rings is 1. The van der Waals surface area contributed by atoms with E-state index in [0.717, 1.165) is 24.0 Å². The number of nitrogens with one attached hydrogen (secondary N) is 1. The average molecular weight is 533 g/mol. The average Bonchev–Trinajstić information content (AvgIpc) is 3.26. The van der Waals surface area contributed by atoms with Crippen LogP contribution in [0, 0.1) is 0 Å². The molecule has 0 radical (unpaired) electrons. The molecule has 0 atom stereocenters. The Hall–Kier alpha value is -4.06. The molecule has 0 saturated carbocycles. The fraction of sp³-hybridized carbons (Fsp3) is 0.200. The molecule has 2 heterocycles. The second-order valence-corrected chi connectivity index (χ2v) is 10.0. The molecule has 0 fully saturated rings. The van der Waals surface area contributed by atoms with Crippen molar-refractivity contribution in [3.8, 4) is 22.8 Å². The first-order valence-corrected chi connectivity index (χ1v) is 12.8. The summed E-state index contributed by atoms with van der Waals surface area (Å²) >= 11 is 0. The molecule has 2 aromatic heterocycles. The number of anilines is 1. The number of aryl methyl sites for hydroxylation is 1. The van der Waals surface area contributed by atoms with E-state index in [1.807, 2.05) is 0 Å². The number of rotatable bonds is 9. The molecule has 0 aliphatic rings. The van der Waals surface area contributed by atoms with Gasteiger partial charge in [-0.15, -0.1) is 0 Å². The summed E-state index contributed by atoms with van der Waals surface area (Å²) in [6, 6.07) is 13.4. The third kappa shape index (κ3) is 7.23. The van der Waals surface area contributed by atoms with Crippen molar-refractivity contribution >= 4 is 15.7 Å². The SMILES string of the molecule is Cn1cc(COc2ncc(-c3cccc(OCc4cccc(C(F)(F)F)c4)c3)cc2NS(C)(=O)=O)cn1. The number of aromatic nitrogens is 3. The fourth-order valence-electron chi connectivity index (χ4n) is 3.47. The first kappa shape index (κ1) is 26.0. The predicted octanol–water partition coefficient (Wildman–Crippen LogP) is 5.03. The van der Waals surface area contributed by atoms with E-state index in [2.05, 4.69) is 14.8 Å². The Morgan fingerprint density at radius 1 is 0.946 bits per heavy atom. The number of hydrogen-bond donors (Lipinski definition) is 1. The molecule has 1 N–H and O–H groups in total. The topological polar surface area (TPSA) is 95.3 Å². The maximum Gasteiger partial charge on any atom is 0.416 e. The Morgan fingerprint density at radius 2 is 1.70 bits per heavy atom. The molecule has 194 valence electrons. The van der Waals surface area contributed by atoms with Gasteiger partial charge in [0.1, 0.15) is 24.7 Å². The molecular weight excluding hydrogens is 509 g/mol. The summed E-state index contributed by atoms with van der Waals surface area (Å²) in [7, 11) is -1.86. The summed E-state index contributed by atoms with van der Waals surface area (Å²) in [6.45, 7) is 0.0745. The number of nitrogens with zero attached hydrogens (tertiary/aromatic N) is 3. The van der Waals surface area contributed by atoms with Gasteiger partial charge in [0.25, 0.3) is 0 Å². The van der Waals surface area contributed by atoms with E-state index in [9.17, 15) is 21.6 Å². The zero-order valence-electron chi connectivity index (χ0n) is 19.9. The highest BCUT2D eigenvalue weighted by Crippen LogP contribution is 2.32. The Labute approximate surface area is 211 Å². The van der Waals surface area contributed by atoms with E-state index < -0.39 is 21.8 Å². The van der Waals surface area contributed by atoms with Crippen LogP contribution in [0.4, 0.5) is 18.9 Å². The Bertz CT molecular complexity index is 1500. The second kappa shape index (κ2) is 10.5. The Morgan fingerprint density at radius 3 is 2.41 bits per heavy atom. The maximum absolute atomic E-state index is 13.0. The van der Waals surface area contributed by atoms with Crippen molar-refractivity contribution in [2.24, 2.45) is 7.05 Å². The summed E-state index contributed by atoms with van der Waals surface area (Å²) in [5, 5.41) is 4.07. The van der Waals surface area contributed by atoms with Crippen molar-refractivity contribution in [3.63, 3.8) is 0 Å². The van der Waals surface area contributed by atoms with Crippen molar-refractivity contribution in [2.75, 3.05) is 11.0 Å². The molecule has 12 heteroatoms. The third-order valence-electron chi connectivity index (χ3n) is 5.11. The van der Waals surface area contributed by atoms with Crippen LogP contribution in [0.5, 0.6) is 11.6 Å². The zero-order valence-corrected chi connectivity index (χ0v) is 20.7. The van der Waals surface area contributed by atoms with Gasteiger partial charge in [-0.2, -0.15) is 18.3 Å². The lowest BCUT2D eigenvalue weighted by Crippen LogP contribution is -2.12. The van der Waals surface area contributed by atoms with Crippen LogP contribution in [-0.4, -0.2) is 29.4 Å². The summed E-state index contributed by atoms with van der Waals surface area (Å²) in [4.78, 5) is 4.29. The highest BCUT2D eigenvalue weighted by Gasteiger charge is 2.30. The van der Waals surface area contributed by atoms with Crippen molar-refractivity contribution in [3.05, 3.63) is 89.9 Å². The molecule has 4 aromatic rings. The van der Waals surface area contributed by atoms with Crippen LogP contribution in [0.1, 0.15) is 16.7 Å². The van der Waals surface area contributed by atoms with Gasteiger partial charge in [0.05, 0.1) is 18.0 Å². The summed E-state index contributed by atoms with van der Waals surface area (Å²) in [6.07, 6.45) is 1.51. The number of benzene rings is 2. The van der Waals surface area contributed by atoms with Crippen LogP contribution in [0.15, 0.2) is 73.2 Å². The fourth-order valence-corrected chi connectivity index (χ4v) is 4.01. The molecule has 4 rings (SSSR count).